The van der Waals surface area contributed by atoms with Crippen molar-refractivity contribution in [3.05, 3.63) is 36.0 Å². The summed E-state index contributed by atoms with van der Waals surface area (Å²) in [6, 6.07) is 7.94. The molecule has 0 bridgehead atoms. The van der Waals surface area contributed by atoms with Crippen LogP contribution in [0.15, 0.2) is 30.5 Å². The Labute approximate surface area is 114 Å². The van der Waals surface area contributed by atoms with E-state index in [2.05, 4.69) is 13.8 Å². The van der Waals surface area contributed by atoms with Gasteiger partial charge in [0.25, 0.3) is 0 Å². The van der Waals surface area contributed by atoms with Crippen molar-refractivity contribution in [3.63, 3.8) is 0 Å². The zero-order valence-electron chi connectivity index (χ0n) is 11.9. The van der Waals surface area contributed by atoms with Crippen LogP contribution < -0.4 is 5.73 Å². The van der Waals surface area contributed by atoms with Crippen molar-refractivity contribution in [2.45, 2.75) is 39.7 Å². The van der Waals surface area contributed by atoms with Crippen LogP contribution in [0.1, 0.15) is 50.0 Å². The Hall–Kier alpha value is -1.61. The molecule has 19 heavy (non-hydrogen) atoms. The quantitative estimate of drug-likeness (QED) is 0.908. The molecule has 0 amide bonds. The summed E-state index contributed by atoms with van der Waals surface area (Å²) in [5.74, 6) is 0.672. The Balaban J connectivity index is 2.40. The van der Waals surface area contributed by atoms with E-state index in [-0.39, 0.29) is 11.9 Å². The lowest BCUT2D eigenvalue weighted by Gasteiger charge is -2.12. The number of nitrogens with zero attached hydrogens (tertiary/aromatic N) is 1. The largest absolute Gasteiger partial charge is 0.324 e. The maximum Gasteiger partial charge on any atom is 0.227 e. The van der Waals surface area contributed by atoms with Gasteiger partial charge in [0.1, 0.15) is 0 Å². The second-order valence-corrected chi connectivity index (χ2v) is 5.57. The smallest absolute Gasteiger partial charge is 0.227 e. The normalized spacial score (nSPS) is 13.1. The molecule has 0 fully saturated rings. The van der Waals surface area contributed by atoms with Crippen molar-refractivity contribution in [2.24, 2.45) is 11.7 Å². The van der Waals surface area contributed by atoms with Crippen LogP contribution in [0.4, 0.5) is 0 Å². The first-order chi connectivity index (χ1) is 9.00. The number of carbonyl (C=O) groups is 1. The highest BCUT2D eigenvalue weighted by Crippen LogP contribution is 2.28. The summed E-state index contributed by atoms with van der Waals surface area (Å²) < 4.78 is 1.69. The average molecular weight is 258 g/mol. The molecule has 1 aromatic heterocycles. The Morgan fingerprint density at radius 1 is 1.26 bits per heavy atom. The first kappa shape index (κ1) is 13.8. The van der Waals surface area contributed by atoms with Crippen molar-refractivity contribution < 1.29 is 4.79 Å². The topological polar surface area (TPSA) is 48.0 Å². The first-order valence-corrected chi connectivity index (χ1v) is 6.87. The van der Waals surface area contributed by atoms with Crippen LogP contribution in [0.5, 0.6) is 0 Å². The summed E-state index contributed by atoms with van der Waals surface area (Å²) in [6.45, 7) is 5.98. The van der Waals surface area contributed by atoms with Gasteiger partial charge >= 0.3 is 0 Å². The van der Waals surface area contributed by atoms with Crippen molar-refractivity contribution in [3.8, 4) is 0 Å². The van der Waals surface area contributed by atoms with E-state index in [1.807, 2.05) is 30.5 Å². The summed E-state index contributed by atoms with van der Waals surface area (Å²) in [5, 5.41) is 1.09. The zero-order valence-corrected chi connectivity index (χ0v) is 11.9. The van der Waals surface area contributed by atoms with Gasteiger partial charge in [-0.25, -0.2) is 0 Å². The van der Waals surface area contributed by atoms with Crippen LogP contribution in [0.25, 0.3) is 10.9 Å². The van der Waals surface area contributed by atoms with E-state index < -0.39 is 0 Å². The van der Waals surface area contributed by atoms with Crippen molar-refractivity contribution in [1.82, 2.24) is 4.57 Å². The maximum atomic E-state index is 11.7. The molecule has 2 aromatic rings. The van der Waals surface area contributed by atoms with Crippen LogP contribution in [0.2, 0.25) is 0 Å². The van der Waals surface area contributed by atoms with Gasteiger partial charge in [0.15, 0.2) is 0 Å². The molecule has 0 unspecified atom stereocenters. The van der Waals surface area contributed by atoms with Crippen LogP contribution >= 0.6 is 0 Å². The second-order valence-electron chi connectivity index (χ2n) is 5.57. The van der Waals surface area contributed by atoms with Gasteiger partial charge < -0.3 is 5.73 Å². The predicted molar refractivity (Wildman–Crippen MR) is 79.2 cm³/mol. The number of aromatic nitrogens is 1. The molecule has 0 radical (unpaired) electrons. The lowest BCUT2D eigenvalue weighted by molar-refractivity contribution is 0.0941. The summed E-state index contributed by atoms with van der Waals surface area (Å²) in [7, 11) is 0. The summed E-state index contributed by atoms with van der Waals surface area (Å²) in [4.78, 5) is 11.7. The highest BCUT2D eigenvalue weighted by atomic mass is 16.1. The van der Waals surface area contributed by atoms with Gasteiger partial charge in [-0.15, -0.1) is 0 Å². The number of fused-ring (bicyclic) bond motifs is 1. The predicted octanol–water partition coefficient (Wildman–Crippen LogP) is 3.74. The molecule has 0 saturated heterocycles. The molecular weight excluding hydrogens is 236 g/mol. The highest BCUT2D eigenvalue weighted by molar-refractivity contribution is 5.93. The van der Waals surface area contributed by atoms with E-state index in [0.717, 1.165) is 29.3 Å². The minimum absolute atomic E-state index is 0.00657. The number of para-hydroxylation sites is 1. The van der Waals surface area contributed by atoms with Gasteiger partial charge in [-0.1, -0.05) is 32.0 Å². The number of rotatable bonds is 4. The molecule has 0 aliphatic rings. The molecule has 2 N–H and O–H groups in total. The Kier molecular flexibility index (Phi) is 4.05. The van der Waals surface area contributed by atoms with Gasteiger partial charge in [0.2, 0.25) is 5.91 Å². The van der Waals surface area contributed by atoms with Gasteiger partial charge in [0, 0.05) is 24.5 Å². The first-order valence-electron chi connectivity index (χ1n) is 6.87. The standard InChI is InChI=1S/C16H22N2O/c1-11(2)8-9-15(17)14-10-18(12(3)19)16-7-5-4-6-13(14)16/h4-7,10-11,15H,8-9,17H2,1-3H3/t15-/m0/s1. The number of hydrogen-bond acceptors (Lipinski definition) is 2. The lowest BCUT2D eigenvalue weighted by Crippen LogP contribution is -2.11. The third kappa shape index (κ3) is 2.87. The minimum Gasteiger partial charge on any atom is -0.324 e. The molecule has 2 rings (SSSR count). The molecular formula is C16H22N2O. The Morgan fingerprint density at radius 2 is 1.95 bits per heavy atom. The Bertz CT molecular complexity index is 583. The van der Waals surface area contributed by atoms with Crippen molar-refractivity contribution in [2.75, 3.05) is 0 Å². The fourth-order valence-electron chi connectivity index (χ4n) is 2.43. The fraction of sp³-hybridized carbons (Fsp3) is 0.438. The van der Waals surface area contributed by atoms with Crippen LogP contribution in [-0.4, -0.2) is 10.5 Å². The summed E-state index contributed by atoms with van der Waals surface area (Å²) in [5.41, 5.74) is 8.32. The minimum atomic E-state index is -0.00657. The number of hydrogen-bond donors (Lipinski definition) is 1. The monoisotopic (exact) mass is 258 g/mol. The van der Waals surface area contributed by atoms with Gasteiger partial charge in [0.05, 0.1) is 5.52 Å². The van der Waals surface area contributed by atoms with Gasteiger partial charge in [-0.2, -0.15) is 0 Å². The molecule has 3 nitrogen and oxygen atoms in total. The van der Waals surface area contributed by atoms with Crippen molar-refractivity contribution >= 4 is 16.8 Å². The SMILES string of the molecule is CC(=O)n1cc([C@@H](N)CCC(C)C)c2ccccc21. The van der Waals surface area contributed by atoms with E-state index in [1.54, 1.807) is 11.5 Å². The lowest BCUT2D eigenvalue weighted by atomic mass is 9.98. The third-order valence-corrected chi connectivity index (χ3v) is 3.54. The van der Waals surface area contributed by atoms with E-state index >= 15 is 0 Å². The van der Waals surface area contributed by atoms with Crippen LogP contribution in [-0.2, 0) is 0 Å². The molecule has 0 spiro atoms. The highest BCUT2D eigenvalue weighted by Gasteiger charge is 2.16. The van der Waals surface area contributed by atoms with Crippen LogP contribution in [0.3, 0.4) is 0 Å². The molecule has 0 aliphatic heterocycles. The molecule has 3 heteroatoms. The maximum absolute atomic E-state index is 11.7. The fourth-order valence-corrected chi connectivity index (χ4v) is 2.43. The molecule has 1 atom stereocenters. The van der Waals surface area contributed by atoms with Crippen molar-refractivity contribution in [1.29, 1.82) is 0 Å². The van der Waals surface area contributed by atoms with E-state index in [4.69, 9.17) is 5.73 Å². The van der Waals surface area contributed by atoms with E-state index in [9.17, 15) is 4.79 Å². The summed E-state index contributed by atoms with van der Waals surface area (Å²) in [6.07, 6.45) is 3.95. The average Bonchev–Trinajstić information content (AvgIpc) is 2.75. The van der Waals surface area contributed by atoms with E-state index in [1.165, 1.54) is 0 Å². The molecule has 1 aromatic carbocycles. The summed E-state index contributed by atoms with van der Waals surface area (Å²) >= 11 is 0. The molecule has 1 heterocycles. The number of nitrogens with two attached hydrogens (primary N) is 1. The number of carbonyl (C=O) groups excluding carboxylic acids is 1. The second kappa shape index (κ2) is 5.57. The zero-order chi connectivity index (χ0) is 14.0. The van der Waals surface area contributed by atoms with Gasteiger partial charge in [-0.05, 0) is 30.4 Å². The molecule has 0 saturated carbocycles. The van der Waals surface area contributed by atoms with Gasteiger partial charge in [-0.3, -0.25) is 9.36 Å². The molecule has 0 aliphatic carbocycles. The molecule has 102 valence electrons. The third-order valence-electron chi connectivity index (χ3n) is 3.54. The van der Waals surface area contributed by atoms with Crippen LogP contribution in [0, 0.1) is 5.92 Å². The van der Waals surface area contributed by atoms with E-state index in [0.29, 0.717) is 5.92 Å². The Morgan fingerprint density at radius 3 is 2.58 bits per heavy atom. The number of benzene rings is 1.